The molecule has 2 aromatic rings. The van der Waals surface area contributed by atoms with E-state index in [1.54, 1.807) is 10.6 Å². The maximum absolute atomic E-state index is 13.4. The smallest absolute Gasteiger partial charge is 0.313 e. The Morgan fingerprint density at radius 3 is 3.05 bits per heavy atom. The molecule has 0 atom stereocenters. The Bertz CT molecular complexity index is 693. The highest BCUT2D eigenvalue weighted by Crippen LogP contribution is 2.38. The average molecular weight is 308 g/mol. The summed E-state index contributed by atoms with van der Waals surface area (Å²) in [5, 5.41) is 10.4. The average Bonchev–Trinajstić information content (AvgIpc) is 3.24. The quantitative estimate of drug-likeness (QED) is 0.859. The van der Waals surface area contributed by atoms with Crippen LogP contribution in [0.4, 0.5) is 4.39 Å². The fourth-order valence-corrected chi connectivity index (χ4v) is 3.18. The molecule has 2 N–H and O–H groups in total. The van der Waals surface area contributed by atoms with Gasteiger partial charge in [0.25, 0.3) is 0 Å². The van der Waals surface area contributed by atoms with Crippen LogP contribution in [0, 0.1) is 5.82 Å². The summed E-state index contributed by atoms with van der Waals surface area (Å²) in [6, 6.07) is 4.96. The second-order valence-electron chi connectivity index (χ2n) is 5.05. The molecule has 21 heavy (non-hydrogen) atoms. The summed E-state index contributed by atoms with van der Waals surface area (Å²) in [5.74, 6) is -0.256. The Balaban J connectivity index is 1.89. The number of H-pyrrole nitrogens is 1. The van der Waals surface area contributed by atoms with Crippen LogP contribution in [-0.4, -0.2) is 21.3 Å². The van der Waals surface area contributed by atoms with Gasteiger partial charge in [0.2, 0.25) is 0 Å². The van der Waals surface area contributed by atoms with Gasteiger partial charge in [-0.3, -0.25) is 4.57 Å². The van der Waals surface area contributed by atoms with Crippen LogP contribution in [-0.2, 0) is 6.54 Å². The molecule has 0 aliphatic heterocycles. The van der Waals surface area contributed by atoms with Crippen molar-refractivity contribution in [1.29, 1.82) is 0 Å². The second-order valence-corrected chi connectivity index (χ2v) is 6.06. The van der Waals surface area contributed by atoms with Crippen LogP contribution in [0.25, 0.3) is 0 Å². The Morgan fingerprint density at radius 1 is 1.52 bits per heavy atom. The van der Waals surface area contributed by atoms with Gasteiger partial charge in [-0.25, -0.2) is 14.3 Å². The van der Waals surface area contributed by atoms with E-state index in [1.165, 1.54) is 23.9 Å². The number of hydrogen-bond acceptors (Lipinski definition) is 4. The van der Waals surface area contributed by atoms with Crippen LogP contribution >= 0.6 is 11.8 Å². The number of aromatic amines is 1. The number of halogens is 1. The van der Waals surface area contributed by atoms with Crippen molar-refractivity contribution in [2.45, 2.75) is 42.4 Å². The minimum atomic E-state index is -0.256. The Hall–Kier alpha value is -1.60. The van der Waals surface area contributed by atoms with Gasteiger partial charge >= 0.3 is 5.69 Å². The third kappa shape index (κ3) is 3.19. The molecule has 1 aliphatic carbocycles. The molecule has 0 unspecified atom stereocenters. The van der Waals surface area contributed by atoms with Crippen LogP contribution in [0.1, 0.15) is 31.4 Å². The number of rotatable bonds is 6. The summed E-state index contributed by atoms with van der Waals surface area (Å²) in [6.07, 6.45) is 2.03. The Kier molecular flexibility index (Phi) is 4.12. The molecule has 5 nitrogen and oxygen atoms in total. The summed E-state index contributed by atoms with van der Waals surface area (Å²) >= 11 is 1.40. The maximum Gasteiger partial charge on any atom is 0.344 e. The molecule has 0 spiro atoms. The third-order valence-corrected chi connectivity index (χ3v) is 4.46. The first-order valence-electron chi connectivity index (χ1n) is 7.03. The molecule has 1 fully saturated rings. The number of benzene rings is 1. The SMILES string of the molecule is CCNCc1cc(F)ccc1Sc1n[nH]c(=O)n1C1CC1. The van der Waals surface area contributed by atoms with Crippen molar-refractivity contribution in [1.82, 2.24) is 20.1 Å². The zero-order chi connectivity index (χ0) is 14.8. The van der Waals surface area contributed by atoms with Crippen LogP contribution in [0.5, 0.6) is 0 Å². The molecule has 0 radical (unpaired) electrons. The zero-order valence-electron chi connectivity index (χ0n) is 11.7. The normalized spacial score (nSPS) is 14.6. The van der Waals surface area contributed by atoms with E-state index in [0.29, 0.717) is 11.7 Å². The molecule has 1 saturated carbocycles. The first kappa shape index (κ1) is 14.3. The van der Waals surface area contributed by atoms with Gasteiger partial charge in [-0.15, -0.1) is 5.10 Å². The number of aromatic nitrogens is 3. The van der Waals surface area contributed by atoms with Gasteiger partial charge in [0.15, 0.2) is 5.16 Å². The van der Waals surface area contributed by atoms with Crippen molar-refractivity contribution in [2.24, 2.45) is 0 Å². The van der Waals surface area contributed by atoms with Crippen LogP contribution < -0.4 is 11.0 Å². The number of hydrogen-bond donors (Lipinski definition) is 2. The van der Waals surface area contributed by atoms with E-state index >= 15 is 0 Å². The van der Waals surface area contributed by atoms with Crippen molar-refractivity contribution < 1.29 is 4.39 Å². The Morgan fingerprint density at radius 2 is 2.33 bits per heavy atom. The van der Waals surface area contributed by atoms with E-state index in [-0.39, 0.29) is 17.5 Å². The first-order valence-corrected chi connectivity index (χ1v) is 7.84. The zero-order valence-corrected chi connectivity index (χ0v) is 12.5. The predicted molar refractivity (Wildman–Crippen MR) is 79.0 cm³/mol. The number of nitrogens with one attached hydrogen (secondary N) is 2. The molecular formula is C14H17FN4OS. The fraction of sp³-hybridized carbons (Fsp3) is 0.429. The molecule has 1 aliphatic rings. The highest BCUT2D eigenvalue weighted by atomic mass is 32.2. The van der Waals surface area contributed by atoms with Crippen LogP contribution in [0.2, 0.25) is 0 Å². The molecular weight excluding hydrogens is 291 g/mol. The van der Waals surface area contributed by atoms with Crippen molar-refractivity contribution in [3.8, 4) is 0 Å². The molecule has 3 rings (SSSR count). The molecule has 1 aromatic carbocycles. The van der Waals surface area contributed by atoms with Gasteiger partial charge in [0, 0.05) is 17.5 Å². The monoisotopic (exact) mass is 308 g/mol. The first-order chi connectivity index (χ1) is 10.2. The summed E-state index contributed by atoms with van der Waals surface area (Å²) < 4.78 is 15.1. The predicted octanol–water partition coefficient (Wildman–Crippen LogP) is 2.31. The topological polar surface area (TPSA) is 62.7 Å². The molecule has 112 valence electrons. The second kappa shape index (κ2) is 6.03. The van der Waals surface area contributed by atoms with Crippen LogP contribution in [0.15, 0.2) is 33.0 Å². The Labute approximate surface area is 125 Å². The minimum Gasteiger partial charge on any atom is -0.313 e. The van der Waals surface area contributed by atoms with Gasteiger partial charge in [-0.2, -0.15) is 0 Å². The molecule has 7 heteroatoms. The van der Waals surface area contributed by atoms with Gasteiger partial charge in [-0.1, -0.05) is 6.92 Å². The summed E-state index contributed by atoms with van der Waals surface area (Å²) in [7, 11) is 0. The van der Waals surface area contributed by atoms with E-state index in [9.17, 15) is 9.18 Å². The van der Waals surface area contributed by atoms with Gasteiger partial charge in [0.05, 0.1) is 0 Å². The third-order valence-electron chi connectivity index (χ3n) is 3.37. The van der Waals surface area contributed by atoms with Crippen LogP contribution in [0.3, 0.4) is 0 Å². The van der Waals surface area contributed by atoms with Gasteiger partial charge < -0.3 is 5.32 Å². The van der Waals surface area contributed by atoms with E-state index in [2.05, 4.69) is 15.5 Å². The molecule has 1 heterocycles. The minimum absolute atomic E-state index is 0.171. The lowest BCUT2D eigenvalue weighted by Gasteiger charge is -2.10. The highest BCUT2D eigenvalue weighted by Gasteiger charge is 2.29. The van der Waals surface area contributed by atoms with Gasteiger partial charge in [-0.05, 0) is 54.9 Å². The van der Waals surface area contributed by atoms with Crippen molar-refractivity contribution in [3.05, 3.63) is 40.1 Å². The summed E-state index contributed by atoms with van der Waals surface area (Å²) in [5.41, 5.74) is 0.704. The standard InChI is InChI=1S/C14H17FN4OS/c1-2-16-8-9-7-10(15)3-6-12(9)21-14-18-17-13(20)19(14)11-4-5-11/h3,6-7,11,16H,2,4-5,8H2,1H3,(H,17,20). The molecule has 0 saturated heterocycles. The summed E-state index contributed by atoms with van der Waals surface area (Å²) in [4.78, 5) is 12.7. The molecule has 1 aromatic heterocycles. The summed E-state index contributed by atoms with van der Waals surface area (Å²) in [6.45, 7) is 3.41. The molecule has 0 amide bonds. The largest absolute Gasteiger partial charge is 0.344 e. The van der Waals surface area contributed by atoms with E-state index in [4.69, 9.17) is 0 Å². The van der Waals surface area contributed by atoms with Crippen molar-refractivity contribution in [2.75, 3.05) is 6.54 Å². The lowest BCUT2D eigenvalue weighted by Crippen LogP contribution is -2.16. The van der Waals surface area contributed by atoms with E-state index < -0.39 is 0 Å². The van der Waals surface area contributed by atoms with E-state index in [0.717, 1.165) is 29.8 Å². The molecule has 0 bridgehead atoms. The van der Waals surface area contributed by atoms with Crippen molar-refractivity contribution >= 4 is 11.8 Å². The van der Waals surface area contributed by atoms with Gasteiger partial charge in [0.1, 0.15) is 5.82 Å². The van der Waals surface area contributed by atoms with E-state index in [1.807, 2.05) is 6.92 Å². The number of nitrogens with zero attached hydrogens (tertiary/aromatic N) is 2. The highest BCUT2D eigenvalue weighted by molar-refractivity contribution is 7.99. The lowest BCUT2D eigenvalue weighted by atomic mass is 10.2. The lowest BCUT2D eigenvalue weighted by molar-refractivity contribution is 0.618. The van der Waals surface area contributed by atoms with Crippen molar-refractivity contribution in [3.63, 3.8) is 0 Å². The fourth-order valence-electron chi connectivity index (χ4n) is 2.16. The maximum atomic E-state index is 13.4.